The highest BCUT2D eigenvalue weighted by Crippen LogP contribution is 2.44. The molecule has 0 aromatic heterocycles. The highest BCUT2D eigenvalue weighted by Gasteiger charge is 2.47. The van der Waals surface area contributed by atoms with Gasteiger partial charge < -0.3 is 9.84 Å². The molecule has 192 valence electrons. The number of aryl methyl sites for hydroxylation is 1. The Kier molecular flexibility index (Phi) is 7.16. The Balaban J connectivity index is 2.00. The van der Waals surface area contributed by atoms with Crippen LogP contribution in [0, 0.1) is 5.82 Å². The molecule has 1 amide bonds. The molecule has 1 fully saturated rings. The molecule has 1 saturated heterocycles. The Morgan fingerprint density at radius 3 is 2.30 bits per heavy atom. The summed E-state index contributed by atoms with van der Waals surface area (Å²) >= 11 is 6.03. The molecule has 37 heavy (non-hydrogen) atoms. The number of ketones is 1. The van der Waals surface area contributed by atoms with Gasteiger partial charge in [0.1, 0.15) is 17.3 Å². The zero-order valence-corrected chi connectivity index (χ0v) is 22.2. The van der Waals surface area contributed by atoms with Crippen LogP contribution in [0.3, 0.4) is 0 Å². The number of Topliss-reactive ketones (excluding diaryl/α,β-unsaturated/α-hetero) is 1. The minimum absolute atomic E-state index is 0.0842. The van der Waals surface area contributed by atoms with Crippen LogP contribution in [0.4, 0.5) is 10.1 Å². The number of rotatable bonds is 5. The van der Waals surface area contributed by atoms with Gasteiger partial charge in [0.05, 0.1) is 29.3 Å². The van der Waals surface area contributed by atoms with E-state index in [4.69, 9.17) is 16.3 Å². The zero-order chi connectivity index (χ0) is 27.1. The maximum atomic E-state index is 13.9. The molecule has 5 nitrogen and oxygen atoms in total. The van der Waals surface area contributed by atoms with Gasteiger partial charge in [-0.25, -0.2) is 4.39 Å². The predicted molar refractivity (Wildman–Crippen MR) is 144 cm³/mol. The Labute approximate surface area is 221 Å². The number of aliphatic hydroxyl groups excluding tert-OH is 1. The molecule has 0 bridgehead atoms. The number of aliphatic hydroxyl groups is 1. The van der Waals surface area contributed by atoms with Crippen LogP contribution in [0.15, 0.2) is 66.2 Å². The summed E-state index contributed by atoms with van der Waals surface area (Å²) in [6.07, 6.45) is 0.810. The summed E-state index contributed by atoms with van der Waals surface area (Å²) in [4.78, 5) is 28.1. The third-order valence-corrected chi connectivity index (χ3v) is 6.94. The average Bonchev–Trinajstić information content (AvgIpc) is 3.14. The number of halogens is 2. The minimum Gasteiger partial charge on any atom is -0.507 e. The molecule has 1 unspecified atom stereocenters. The van der Waals surface area contributed by atoms with Gasteiger partial charge in [-0.05, 0) is 58.9 Å². The van der Waals surface area contributed by atoms with Crippen molar-refractivity contribution in [2.75, 3.05) is 12.0 Å². The minimum atomic E-state index is -0.963. The van der Waals surface area contributed by atoms with Gasteiger partial charge in [-0.15, -0.1) is 0 Å². The SMILES string of the molecule is CCc1ccc(C2/C(=C(\O)c3cc(C(C)(C)C)ccc3OC)C(=O)C(=O)N2c2ccc(F)c(Cl)c2)cc1. The molecule has 0 aliphatic carbocycles. The van der Waals surface area contributed by atoms with Crippen molar-refractivity contribution in [2.24, 2.45) is 0 Å². The Morgan fingerprint density at radius 1 is 1.05 bits per heavy atom. The first-order valence-corrected chi connectivity index (χ1v) is 12.4. The van der Waals surface area contributed by atoms with Crippen LogP contribution in [-0.4, -0.2) is 23.9 Å². The van der Waals surface area contributed by atoms with E-state index in [2.05, 4.69) is 0 Å². The van der Waals surface area contributed by atoms with Gasteiger partial charge in [0, 0.05) is 5.69 Å². The normalized spacial score (nSPS) is 17.4. The van der Waals surface area contributed by atoms with E-state index in [0.29, 0.717) is 16.9 Å². The van der Waals surface area contributed by atoms with E-state index in [9.17, 15) is 19.1 Å². The van der Waals surface area contributed by atoms with Crippen molar-refractivity contribution in [3.63, 3.8) is 0 Å². The largest absolute Gasteiger partial charge is 0.507 e. The molecule has 4 rings (SSSR count). The highest BCUT2D eigenvalue weighted by molar-refractivity contribution is 6.51. The van der Waals surface area contributed by atoms with Gasteiger partial charge in [-0.2, -0.15) is 0 Å². The number of hydrogen-bond acceptors (Lipinski definition) is 4. The molecule has 1 atom stereocenters. The summed E-state index contributed by atoms with van der Waals surface area (Å²) < 4.78 is 19.4. The molecule has 0 spiro atoms. The third-order valence-electron chi connectivity index (χ3n) is 6.65. The van der Waals surface area contributed by atoms with E-state index in [-0.39, 0.29) is 27.5 Å². The summed E-state index contributed by atoms with van der Waals surface area (Å²) in [5.41, 5.74) is 2.83. The van der Waals surface area contributed by atoms with Crippen molar-refractivity contribution in [2.45, 2.75) is 45.6 Å². The van der Waals surface area contributed by atoms with E-state index >= 15 is 0 Å². The van der Waals surface area contributed by atoms with Crippen molar-refractivity contribution in [3.8, 4) is 5.75 Å². The predicted octanol–water partition coefficient (Wildman–Crippen LogP) is 6.97. The van der Waals surface area contributed by atoms with Gasteiger partial charge in [-0.1, -0.05) is 69.6 Å². The number of carbonyl (C=O) groups is 2. The van der Waals surface area contributed by atoms with E-state index in [1.165, 1.54) is 24.1 Å². The van der Waals surface area contributed by atoms with E-state index in [1.54, 1.807) is 12.1 Å². The number of benzene rings is 3. The maximum Gasteiger partial charge on any atom is 0.300 e. The molecular formula is C30H29ClFNO4. The number of methoxy groups -OCH3 is 1. The fourth-order valence-electron chi connectivity index (χ4n) is 4.49. The Bertz CT molecular complexity index is 1410. The van der Waals surface area contributed by atoms with Crippen molar-refractivity contribution < 1.29 is 23.8 Å². The number of carbonyl (C=O) groups excluding carboxylic acids is 2. The molecule has 1 heterocycles. The molecule has 0 radical (unpaired) electrons. The fraction of sp³-hybridized carbons (Fsp3) is 0.267. The van der Waals surface area contributed by atoms with E-state index in [0.717, 1.165) is 23.6 Å². The van der Waals surface area contributed by atoms with Crippen LogP contribution < -0.4 is 9.64 Å². The molecule has 7 heteroatoms. The van der Waals surface area contributed by atoms with Gasteiger partial charge in [0.2, 0.25) is 0 Å². The summed E-state index contributed by atoms with van der Waals surface area (Å²) in [5.74, 6) is -2.33. The van der Waals surface area contributed by atoms with Crippen LogP contribution in [0.25, 0.3) is 5.76 Å². The topological polar surface area (TPSA) is 66.8 Å². The second-order valence-corrected chi connectivity index (χ2v) is 10.4. The summed E-state index contributed by atoms with van der Waals surface area (Å²) in [6, 6.07) is 15.7. The molecule has 1 N–H and O–H groups in total. The second-order valence-electron chi connectivity index (χ2n) is 10.0. The highest BCUT2D eigenvalue weighted by atomic mass is 35.5. The lowest BCUT2D eigenvalue weighted by atomic mass is 9.85. The van der Waals surface area contributed by atoms with E-state index in [1.807, 2.05) is 58.0 Å². The zero-order valence-electron chi connectivity index (χ0n) is 21.4. The second kappa shape index (κ2) is 10.0. The maximum absolute atomic E-state index is 13.9. The number of nitrogens with zero attached hydrogens (tertiary/aromatic N) is 1. The fourth-order valence-corrected chi connectivity index (χ4v) is 4.66. The first-order chi connectivity index (χ1) is 17.5. The van der Waals surface area contributed by atoms with Gasteiger partial charge in [0.15, 0.2) is 0 Å². The molecule has 0 saturated carbocycles. The first-order valence-electron chi connectivity index (χ1n) is 12.0. The smallest absolute Gasteiger partial charge is 0.300 e. The summed E-state index contributed by atoms with van der Waals surface area (Å²) in [7, 11) is 1.48. The molecule has 1 aliphatic rings. The van der Waals surface area contributed by atoms with Crippen LogP contribution in [0.1, 0.15) is 56.0 Å². The molecule has 1 aliphatic heterocycles. The molecule has 3 aromatic rings. The van der Waals surface area contributed by atoms with Crippen LogP contribution in [0.2, 0.25) is 5.02 Å². The monoisotopic (exact) mass is 521 g/mol. The van der Waals surface area contributed by atoms with Crippen LogP contribution in [0.5, 0.6) is 5.75 Å². The summed E-state index contributed by atoms with van der Waals surface area (Å²) in [6.45, 7) is 8.12. The molecule has 3 aromatic carbocycles. The lowest BCUT2D eigenvalue weighted by Gasteiger charge is -2.26. The van der Waals surface area contributed by atoms with Gasteiger partial charge in [-0.3, -0.25) is 14.5 Å². The number of hydrogen-bond donors (Lipinski definition) is 1. The quantitative estimate of drug-likeness (QED) is 0.223. The van der Waals surface area contributed by atoms with Crippen molar-refractivity contribution in [3.05, 3.63) is 99.3 Å². The lowest BCUT2D eigenvalue weighted by Crippen LogP contribution is -2.29. The van der Waals surface area contributed by atoms with Crippen LogP contribution in [-0.2, 0) is 21.4 Å². The van der Waals surface area contributed by atoms with E-state index < -0.39 is 23.5 Å². The number of amides is 1. The Hall–Kier alpha value is -3.64. The Morgan fingerprint density at radius 2 is 1.73 bits per heavy atom. The third kappa shape index (κ3) is 4.86. The number of anilines is 1. The van der Waals surface area contributed by atoms with Crippen molar-refractivity contribution in [1.29, 1.82) is 0 Å². The van der Waals surface area contributed by atoms with Gasteiger partial charge in [0.25, 0.3) is 11.7 Å². The standard InChI is InChI=1S/C30H29ClFNO4/c1-6-17-7-9-18(10-8-17)26-25(27(34)21-15-19(30(2,3)4)11-14-24(21)37-5)28(35)29(36)33(26)20-12-13-23(32)22(31)16-20/h7-16,26,34H,6H2,1-5H3/b27-25+. The first kappa shape index (κ1) is 26.4. The van der Waals surface area contributed by atoms with Gasteiger partial charge >= 0.3 is 0 Å². The number of ether oxygens (including phenoxy) is 1. The molecular weight excluding hydrogens is 493 g/mol. The van der Waals surface area contributed by atoms with Crippen molar-refractivity contribution in [1.82, 2.24) is 0 Å². The summed E-state index contributed by atoms with van der Waals surface area (Å²) in [5, 5.41) is 11.4. The lowest BCUT2D eigenvalue weighted by molar-refractivity contribution is -0.132. The average molecular weight is 522 g/mol. The van der Waals surface area contributed by atoms with Crippen molar-refractivity contribution >= 4 is 34.7 Å². The van der Waals surface area contributed by atoms with Crippen LogP contribution >= 0.6 is 11.6 Å².